The molecule has 2 aliphatic heterocycles. The standard InChI is InChI=1S/C22H28N10O10P2S2/c23-17-12-18(26-5-25-17)31(6-27-12)10-1-8-3-38-43(36,45)42-16-9(2-33)11(4-39-44(37,46)41-15(8)14(10)34)40-21(16)32-7-28-13-19(32)29-22(24)30-20(13)35/h5-11,14-16,21,33-34H,1-4H2,(H,36,45)(H,37,46)(H2,23,25,26)(H3,24,29,30,35). The molecule has 2 bridgehead atoms. The number of anilines is 2. The summed E-state index contributed by atoms with van der Waals surface area (Å²) >= 11 is 9.53. The van der Waals surface area contributed by atoms with E-state index in [0.717, 1.165) is 0 Å². The van der Waals surface area contributed by atoms with Gasteiger partial charge in [-0.05, 0) is 18.2 Å². The molecular formula is C22H28N10O10P2S2. The highest BCUT2D eigenvalue weighted by atomic mass is 32.7. The summed E-state index contributed by atoms with van der Waals surface area (Å²) in [7, 11) is 0. The summed E-state index contributed by atoms with van der Waals surface area (Å²) in [6, 6.07) is -0.707. The van der Waals surface area contributed by atoms with E-state index >= 15 is 0 Å². The topological polar surface area (TPSA) is 283 Å². The van der Waals surface area contributed by atoms with E-state index in [1.165, 1.54) is 23.5 Å². The number of fused-ring (bicyclic) bond motifs is 5. The minimum absolute atomic E-state index is 0.0256. The van der Waals surface area contributed by atoms with Crippen molar-refractivity contribution in [3.63, 3.8) is 0 Å². The number of thiol groups is 1. The summed E-state index contributed by atoms with van der Waals surface area (Å²) < 4.78 is 46.0. The molecule has 4 aromatic rings. The van der Waals surface area contributed by atoms with Crippen LogP contribution in [0.4, 0.5) is 11.8 Å². The number of H-pyrrole nitrogens is 1. The van der Waals surface area contributed by atoms with E-state index in [1.807, 2.05) is 0 Å². The first-order valence-electron chi connectivity index (χ1n) is 13.8. The number of aromatic nitrogens is 8. The first-order valence-corrected chi connectivity index (χ1v) is 19.1. The molecular weight excluding hydrogens is 690 g/mol. The van der Waals surface area contributed by atoms with Crippen LogP contribution in [0.25, 0.3) is 22.3 Å². The van der Waals surface area contributed by atoms with Crippen molar-refractivity contribution >= 4 is 71.7 Å². The molecule has 24 heteroatoms. The highest BCUT2D eigenvalue weighted by molar-refractivity contribution is 8.44. The second kappa shape index (κ2) is 11.8. The van der Waals surface area contributed by atoms with Gasteiger partial charge in [-0.3, -0.25) is 18.9 Å². The van der Waals surface area contributed by atoms with Crippen molar-refractivity contribution in [1.29, 1.82) is 0 Å². The van der Waals surface area contributed by atoms with Gasteiger partial charge in [0.25, 0.3) is 5.56 Å². The summed E-state index contributed by atoms with van der Waals surface area (Å²) in [4.78, 5) is 46.6. The summed E-state index contributed by atoms with van der Waals surface area (Å²) in [6.45, 7) is -9.63. The number of nitrogens with two attached hydrogens (primary N) is 2. The van der Waals surface area contributed by atoms with Gasteiger partial charge in [0.2, 0.25) is 5.95 Å². The third-order valence-corrected chi connectivity index (χ3v) is 11.5. The van der Waals surface area contributed by atoms with Gasteiger partial charge in [-0.25, -0.2) is 24.5 Å². The second-order valence-corrected chi connectivity index (χ2v) is 16.7. The van der Waals surface area contributed by atoms with Crippen LogP contribution in [0.2, 0.25) is 0 Å². The van der Waals surface area contributed by atoms with Gasteiger partial charge in [-0.2, -0.15) is 4.98 Å². The zero-order valence-corrected chi connectivity index (χ0v) is 26.9. The van der Waals surface area contributed by atoms with Gasteiger partial charge in [-0.1, -0.05) is 12.2 Å². The Morgan fingerprint density at radius 2 is 1.83 bits per heavy atom. The number of nitrogen functional groups attached to an aromatic ring is 2. The zero-order valence-electron chi connectivity index (χ0n) is 23.4. The predicted octanol–water partition coefficient (Wildman–Crippen LogP) is -0.376. The SMILES string of the molecule is Nc1nc2c(ncn2C2OC3COP(O)(=S)OC4C(COP(=O)(S)OC2C3CO)CC(n2cnc3c(N)ncnc32)C4O)c(=O)[nH]1. The minimum atomic E-state index is -4.25. The molecule has 0 aromatic carbocycles. The van der Waals surface area contributed by atoms with Crippen molar-refractivity contribution in [2.45, 2.75) is 43.1 Å². The van der Waals surface area contributed by atoms with Gasteiger partial charge in [0.15, 0.2) is 28.9 Å². The molecule has 8 N–H and O–H groups in total. The quantitative estimate of drug-likeness (QED) is 0.105. The molecule has 1 aliphatic carbocycles. The molecule has 0 amide bonds. The molecule has 2 saturated heterocycles. The van der Waals surface area contributed by atoms with E-state index in [4.69, 9.17) is 46.1 Å². The highest BCUT2D eigenvalue weighted by Gasteiger charge is 2.52. The Morgan fingerprint density at radius 3 is 2.61 bits per heavy atom. The third-order valence-electron chi connectivity index (χ3n) is 8.28. The van der Waals surface area contributed by atoms with Crippen LogP contribution in [0.3, 0.4) is 0 Å². The van der Waals surface area contributed by atoms with E-state index in [1.54, 1.807) is 4.57 Å². The smallest absolute Gasteiger partial charge is 0.386 e. The fourth-order valence-corrected chi connectivity index (χ4v) is 9.17. The van der Waals surface area contributed by atoms with Crippen LogP contribution < -0.4 is 17.0 Å². The maximum Gasteiger partial charge on any atom is 0.386 e. The summed E-state index contributed by atoms with van der Waals surface area (Å²) in [5.41, 5.74) is 11.7. The van der Waals surface area contributed by atoms with E-state index in [2.05, 4.69) is 42.2 Å². The Kier molecular flexibility index (Phi) is 8.22. The second-order valence-electron chi connectivity index (χ2n) is 11.0. The molecule has 1 saturated carbocycles. The maximum absolute atomic E-state index is 13.7. The van der Waals surface area contributed by atoms with E-state index in [0.29, 0.717) is 11.2 Å². The molecule has 6 heterocycles. The molecule has 46 heavy (non-hydrogen) atoms. The Morgan fingerprint density at radius 1 is 1.07 bits per heavy atom. The van der Waals surface area contributed by atoms with Gasteiger partial charge >= 0.3 is 13.5 Å². The van der Waals surface area contributed by atoms with Crippen LogP contribution in [0.15, 0.2) is 23.8 Å². The monoisotopic (exact) mass is 718 g/mol. The molecule has 0 spiro atoms. The zero-order chi connectivity index (χ0) is 32.5. The molecule has 3 aliphatic rings. The number of imidazole rings is 2. The highest BCUT2D eigenvalue weighted by Crippen LogP contribution is 2.60. The van der Waals surface area contributed by atoms with Crippen LogP contribution in [0, 0.1) is 11.8 Å². The Balaban J connectivity index is 1.22. The number of rotatable bonds is 3. The average Bonchev–Trinajstić information content (AvgIpc) is 3.75. The van der Waals surface area contributed by atoms with Crippen LogP contribution in [-0.2, 0) is 39.2 Å². The van der Waals surface area contributed by atoms with Crippen molar-refractivity contribution < 1.29 is 42.5 Å². The lowest BCUT2D eigenvalue weighted by Crippen LogP contribution is -2.33. The fraction of sp³-hybridized carbons (Fsp3) is 0.545. The average molecular weight is 719 g/mol. The van der Waals surface area contributed by atoms with Crippen LogP contribution in [0.1, 0.15) is 18.7 Å². The Hall–Kier alpha value is -2.59. The van der Waals surface area contributed by atoms with Gasteiger partial charge in [-0.15, -0.1) is 0 Å². The number of nitrogens with zero attached hydrogens (tertiary/aromatic N) is 7. The van der Waals surface area contributed by atoms with Crippen molar-refractivity contribution in [2.75, 3.05) is 31.3 Å². The number of aliphatic hydroxyl groups excluding tert-OH is 2. The van der Waals surface area contributed by atoms with Crippen molar-refractivity contribution in [3.8, 4) is 0 Å². The lowest BCUT2D eigenvalue weighted by molar-refractivity contribution is -0.0521. The molecule has 7 rings (SSSR count). The number of hydrogen-bond acceptors (Lipinski definition) is 17. The number of nitrogens with one attached hydrogen (secondary N) is 1. The van der Waals surface area contributed by atoms with Crippen LogP contribution in [0.5, 0.6) is 0 Å². The van der Waals surface area contributed by atoms with Crippen LogP contribution >= 0.6 is 25.8 Å². The Bertz CT molecular complexity index is 1960. The third kappa shape index (κ3) is 5.65. The molecule has 248 valence electrons. The lowest BCUT2D eigenvalue weighted by Gasteiger charge is -2.28. The summed E-state index contributed by atoms with van der Waals surface area (Å²) in [6.07, 6.45) is -1.75. The van der Waals surface area contributed by atoms with Crippen molar-refractivity contribution in [3.05, 3.63) is 29.3 Å². The van der Waals surface area contributed by atoms with Crippen molar-refractivity contribution in [2.24, 2.45) is 11.8 Å². The maximum atomic E-state index is 13.7. The normalized spacial score (nSPS) is 37.1. The summed E-state index contributed by atoms with van der Waals surface area (Å²) in [5, 5.41) is 21.8. The number of hydrogen-bond donors (Lipinski definition) is 7. The van der Waals surface area contributed by atoms with E-state index < -0.39 is 80.8 Å². The first kappa shape index (κ1) is 32.0. The van der Waals surface area contributed by atoms with Gasteiger partial charge in [0.05, 0.1) is 44.6 Å². The largest absolute Gasteiger partial charge is 0.396 e. The number of ether oxygens (including phenoxy) is 1. The number of aromatic amines is 1. The van der Waals surface area contributed by atoms with E-state index in [-0.39, 0.29) is 36.0 Å². The first-order chi connectivity index (χ1) is 21.9. The Labute approximate surface area is 268 Å². The fourth-order valence-electron chi connectivity index (χ4n) is 6.16. The van der Waals surface area contributed by atoms with Crippen LogP contribution in [-0.4, -0.2) is 98.4 Å². The van der Waals surface area contributed by atoms with Gasteiger partial charge < -0.3 is 49.4 Å². The molecule has 3 fully saturated rings. The van der Waals surface area contributed by atoms with Crippen molar-refractivity contribution in [1.82, 2.24) is 39.0 Å². The molecule has 10 atom stereocenters. The summed E-state index contributed by atoms with van der Waals surface area (Å²) in [5.74, 6) is -1.69. The van der Waals surface area contributed by atoms with Gasteiger partial charge in [0.1, 0.15) is 30.2 Å². The minimum Gasteiger partial charge on any atom is -0.396 e. The lowest BCUT2D eigenvalue weighted by atomic mass is 9.99. The molecule has 20 nitrogen and oxygen atoms in total. The van der Waals surface area contributed by atoms with E-state index in [9.17, 15) is 24.5 Å². The van der Waals surface area contributed by atoms with Gasteiger partial charge in [0, 0.05) is 11.8 Å². The molecule has 0 radical (unpaired) electrons. The molecule has 10 unspecified atom stereocenters. The predicted molar refractivity (Wildman–Crippen MR) is 165 cm³/mol. The number of aliphatic hydroxyl groups is 2. The molecule has 4 aromatic heterocycles.